The van der Waals surface area contributed by atoms with Gasteiger partial charge in [0.15, 0.2) is 0 Å². The van der Waals surface area contributed by atoms with Gasteiger partial charge >= 0.3 is 0 Å². The SMILES string of the molecule is COc1ccc(-n2cnnc2)c(Br)c1. The molecule has 0 radical (unpaired) electrons. The summed E-state index contributed by atoms with van der Waals surface area (Å²) in [5, 5.41) is 7.49. The van der Waals surface area contributed by atoms with Gasteiger partial charge < -0.3 is 4.74 Å². The van der Waals surface area contributed by atoms with Crippen molar-refractivity contribution in [3.05, 3.63) is 35.3 Å². The third-order valence-electron chi connectivity index (χ3n) is 1.85. The summed E-state index contributed by atoms with van der Waals surface area (Å²) in [6, 6.07) is 5.72. The molecular weight excluding hydrogens is 246 g/mol. The first-order valence-corrected chi connectivity index (χ1v) is 4.79. The van der Waals surface area contributed by atoms with Crippen LogP contribution in [-0.2, 0) is 0 Å². The number of benzene rings is 1. The van der Waals surface area contributed by atoms with E-state index in [1.165, 1.54) is 0 Å². The van der Waals surface area contributed by atoms with E-state index in [1.54, 1.807) is 19.8 Å². The molecule has 4 nitrogen and oxygen atoms in total. The van der Waals surface area contributed by atoms with E-state index in [0.29, 0.717) is 0 Å². The second-order valence-corrected chi connectivity index (χ2v) is 3.54. The average molecular weight is 254 g/mol. The Balaban J connectivity index is 2.46. The van der Waals surface area contributed by atoms with Crippen molar-refractivity contribution in [2.75, 3.05) is 7.11 Å². The number of hydrogen-bond donors (Lipinski definition) is 0. The van der Waals surface area contributed by atoms with Crippen LogP contribution in [0.15, 0.2) is 35.3 Å². The summed E-state index contributed by atoms with van der Waals surface area (Å²) in [4.78, 5) is 0. The lowest BCUT2D eigenvalue weighted by Crippen LogP contribution is -1.92. The van der Waals surface area contributed by atoms with Crippen LogP contribution < -0.4 is 4.74 Å². The van der Waals surface area contributed by atoms with Gasteiger partial charge in [-0.25, -0.2) is 0 Å². The predicted octanol–water partition coefficient (Wildman–Crippen LogP) is 2.04. The molecule has 5 heteroatoms. The van der Waals surface area contributed by atoms with Gasteiger partial charge in [0.05, 0.1) is 12.8 Å². The molecule has 72 valence electrons. The van der Waals surface area contributed by atoms with Crippen LogP contribution in [0.3, 0.4) is 0 Å². The minimum atomic E-state index is 0.814. The summed E-state index contributed by atoms with van der Waals surface area (Å²) in [5.74, 6) is 0.814. The highest BCUT2D eigenvalue weighted by Gasteiger charge is 2.03. The topological polar surface area (TPSA) is 39.9 Å². The standard InChI is InChI=1S/C9H8BrN3O/c1-14-7-2-3-9(8(10)4-7)13-5-11-12-6-13/h2-6H,1H3. The molecule has 0 amide bonds. The van der Waals surface area contributed by atoms with Crippen LogP contribution in [0.5, 0.6) is 5.75 Å². The molecule has 1 aromatic carbocycles. The Labute approximate surface area is 89.7 Å². The second-order valence-electron chi connectivity index (χ2n) is 2.69. The zero-order valence-electron chi connectivity index (χ0n) is 7.51. The summed E-state index contributed by atoms with van der Waals surface area (Å²) in [6.45, 7) is 0. The minimum Gasteiger partial charge on any atom is -0.497 e. The van der Waals surface area contributed by atoms with Gasteiger partial charge in [-0.3, -0.25) is 4.57 Å². The molecule has 0 spiro atoms. The summed E-state index contributed by atoms with van der Waals surface area (Å²) < 4.78 is 7.86. The quantitative estimate of drug-likeness (QED) is 0.823. The lowest BCUT2D eigenvalue weighted by molar-refractivity contribution is 0.414. The Morgan fingerprint density at radius 1 is 1.29 bits per heavy atom. The number of rotatable bonds is 2. The molecule has 0 N–H and O–H groups in total. The average Bonchev–Trinajstić information content (AvgIpc) is 2.70. The van der Waals surface area contributed by atoms with Crippen molar-refractivity contribution >= 4 is 15.9 Å². The maximum atomic E-state index is 5.10. The Morgan fingerprint density at radius 2 is 2.00 bits per heavy atom. The molecule has 0 aliphatic rings. The van der Waals surface area contributed by atoms with Crippen LogP contribution in [-0.4, -0.2) is 21.9 Å². The van der Waals surface area contributed by atoms with Crippen molar-refractivity contribution in [3.8, 4) is 11.4 Å². The van der Waals surface area contributed by atoms with Gasteiger partial charge in [-0.1, -0.05) is 0 Å². The first kappa shape index (κ1) is 9.21. The molecular formula is C9H8BrN3O. The molecule has 0 aliphatic carbocycles. The second kappa shape index (κ2) is 3.79. The molecule has 0 saturated carbocycles. The molecule has 0 saturated heterocycles. The van der Waals surface area contributed by atoms with E-state index in [2.05, 4.69) is 26.1 Å². The molecule has 1 aromatic heterocycles. The van der Waals surface area contributed by atoms with Gasteiger partial charge in [-0.05, 0) is 34.1 Å². The van der Waals surface area contributed by atoms with E-state index in [9.17, 15) is 0 Å². The van der Waals surface area contributed by atoms with Crippen LogP contribution in [0.25, 0.3) is 5.69 Å². The van der Waals surface area contributed by atoms with Crippen LogP contribution in [0.4, 0.5) is 0 Å². The fourth-order valence-electron chi connectivity index (χ4n) is 1.15. The number of hydrogen-bond acceptors (Lipinski definition) is 3. The van der Waals surface area contributed by atoms with Gasteiger partial charge in [0.25, 0.3) is 0 Å². The first-order valence-electron chi connectivity index (χ1n) is 4.00. The molecule has 0 bridgehead atoms. The Hall–Kier alpha value is -1.36. The van der Waals surface area contributed by atoms with Crippen molar-refractivity contribution in [1.82, 2.24) is 14.8 Å². The van der Waals surface area contributed by atoms with Crippen LogP contribution >= 0.6 is 15.9 Å². The van der Waals surface area contributed by atoms with E-state index >= 15 is 0 Å². The number of methoxy groups -OCH3 is 1. The van der Waals surface area contributed by atoms with Crippen molar-refractivity contribution in [2.24, 2.45) is 0 Å². The monoisotopic (exact) mass is 253 g/mol. The van der Waals surface area contributed by atoms with E-state index in [0.717, 1.165) is 15.9 Å². The van der Waals surface area contributed by atoms with E-state index < -0.39 is 0 Å². The molecule has 1 heterocycles. The van der Waals surface area contributed by atoms with Crippen LogP contribution in [0.2, 0.25) is 0 Å². The molecule has 14 heavy (non-hydrogen) atoms. The minimum absolute atomic E-state index is 0.814. The van der Waals surface area contributed by atoms with Crippen LogP contribution in [0, 0.1) is 0 Å². The molecule has 0 aliphatic heterocycles. The highest BCUT2D eigenvalue weighted by molar-refractivity contribution is 9.10. The fraction of sp³-hybridized carbons (Fsp3) is 0.111. The first-order chi connectivity index (χ1) is 6.81. The van der Waals surface area contributed by atoms with Gasteiger partial charge in [-0.15, -0.1) is 10.2 Å². The molecule has 2 aromatic rings. The summed E-state index contributed by atoms with van der Waals surface area (Å²) in [7, 11) is 1.64. The Kier molecular flexibility index (Phi) is 2.49. The zero-order chi connectivity index (χ0) is 9.97. The number of nitrogens with zero attached hydrogens (tertiary/aromatic N) is 3. The van der Waals surface area contributed by atoms with Gasteiger partial charge in [0.2, 0.25) is 0 Å². The van der Waals surface area contributed by atoms with Crippen LogP contribution in [0.1, 0.15) is 0 Å². The van der Waals surface area contributed by atoms with Gasteiger partial charge in [0, 0.05) is 4.47 Å². The van der Waals surface area contributed by atoms with Crippen molar-refractivity contribution in [2.45, 2.75) is 0 Å². The zero-order valence-corrected chi connectivity index (χ0v) is 9.10. The lowest BCUT2D eigenvalue weighted by atomic mass is 10.3. The molecule has 0 unspecified atom stereocenters. The Bertz CT molecular complexity index is 428. The summed E-state index contributed by atoms with van der Waals surface area (Å²) >= 11 is 3.45. The normalized spacial score (nSPS) is 10.1. The highest BCUT2D eigenvalue weighted by Crippen LogP contribution is 2.25. The smallest absolute Gasteiger partial charge is 0.123 e. The number of halogens is 1. The Morgan fingerprint density at radius 3 is 2.57 bits per heavy atom. The van der Waals surface area contributed by atoms with Crippen molar-refractivity contribution in [1.29, 1.82) is 0 Å². The third-order valence-corrected chi connectivity index (χ3v) is 2.49. The third kappa shape index (κ3) is 1.63. The number of aromatic nitrogens is 3. The van der Waals surface area contributed by atoms with E-state index in [4.69, 9.17) is 4.74 Å². The van der Waals surface area contributed by atoms with Gasteiger partial charge in [0.1, 0.15) is 18.4 Å². The molecule has 2 rings (SSSR count). The summed E-state index contributed by atoms with van der Waals surface area (Å²) in [5.41, 5.74) is 0.982. The maximum Gasteiger partial charge on any atom is 0.123 e. The largest absolute Gasteiger partial charge is 0.497 e. The molecule has 0 fully saturated rings. The van der Waals surface area contributed by atoms with Crippen molar-refractivity contribution < 1.29 is 4.74 Å². The summed E-state index contributed by atoms with van der Waals surface area (Å²) in [6.07, 6.45) is 3.29. The number of ether oxygens (including phenoxy) is 1. The fourth-order valence-corrected chi connectivity index (χ4v) is 1.71. The maximum absolute atomic E-state index is 5.10. The molecule has 0 atom stereocenters. The van der Waals surface area contributed by atoms with E-state index in [1.807, 2.05) is 22.8 Å². The highest BCUT2D eigenvalue weighted by atomic mass is 79.9. The van der Waals surface area contributed by atoms with Crippen molar-refractivity contribution in [3.63, 3.8) is 0 Å². The lowest BCUT2D eigenvalue weighted by Gasteiger charge is -2.06. The van der Waals surface area contributed by atoms with Gasteiger partial charge in [-0.2, -0.15) is 0 Å². The van der Waals surface area contributed by atoms with E-state index in [-0.39, 0.29) is 0 Å². The predicted molar refractivity (Wildman–Crippen MR) is 55.6 cm³/mol.